The van der Waals surface area contributed by atoms with Crippen LogP contribution in [0.4, 0.5) is 0 Å². The zero-order valence-electron chi connectivity index (χ0n) is 10.9. The van der Waals surface area contributed by atoms with Crippen LogP contribution in [0.5, 0.6) is 0 Å². The number of ether oxygens (including phenoxy) is 1. The summed E-state index contributed by atoms with van der Waals surface area (Å²) in [4.78, 5) is 11.7. The quantitative estimate of drug-likeness (QED) is 0.607. The molecule has 7 heteroatoms. The Hall–Kier alpha value is -0.670. The second-order valence-electron chi connectivity index (χ2n) is 4.32. The van der Waals surface area contributed by atoms with Gasteiger partial charge in [0.05, 0.1) is 12.0 Å². The Kier molecular flexibility index (Phi) is 5.75. The molecule has 1 rings (SSSR count). The lowest BCUT2D eigenvalue weighted by Gasteiger charge is -2.19. The molecule has 0 saturated carbocycles. The Bertz CT molecular complexity index is 539. The van der Waals surface area contributed by atoms with E-state index in [0.29, 0.717) is 0 Å². The highest BCUT2D eigenvalue weighted by Crippen LogP contribution is 2.14. The monoisotopic (exact) mass is 397 g/mol. The summed E-state index contributed by atoms with van der Waals surface area (Å²) in [5.74, 6) is -0.796. The van der Waals surface area contributed by atoms with Gasteiger partial charge in [-0.2, -0.15) is 4.72 Å². The Morgan fingerprint density at radius 3 is 2.21 bits per heavy atom. The molecular formula is C12H16INO4S. The van der Waals surface area contributed by atoms with Crippen LogP contribution < -0.4 is 4.72 Å². The van der Waals surface area contributed by atoms with E-state index >= 15 is 0 Å². The molecule has 106 valence electrons. The first-order chi connectivity index (χ1) is 8.77. The maximum absolute atomic E-state index is 12.2. The number of halogens is 1. The zero-order valence-corrected chi connectivity index (χ0v) is 13.9. The number of hydrogen-bond acceptors (Lipinski definition) is 4. The second kappa shape index (κ2) is 6.67. The van der Waals surface area contributed by atoms with Gasteiger partial charge in [0.2, 0.25) is 10.0 Å². The van der Waals surface area contributed by atoms with Crippen LogP contribution in [0, 0.1) is 9.49 Å². The molecule has 0 amide bonds. The summed E-state index contributed by atoms with van der Waals surface area (Å²) in [6.45, 7) is 3.50. The van der Waals surface area contributed by atoms with Crippen LogP contribution in [0.25, 0.3) is 0 Å². The van der Waals surface area contributed by atoms with Gasteiger partial charge in [-0.3, -0.25) is 4.79 Å². The number of nitrogens with one attached hydrogen (secondary N) is 1. The van der Waals surface area contributed by atoms with E-state index in [-0.39, 0.29) is 10.8 Å². The minimum Gasteiger partial charge on any atom is -0.468 e. The van der Waals surface area contributed by atoms with E-state index in [4.69, 9.17) is 0 Å². The van der Waals surface area contributed by atoms with Crippen molar-refractivity contribution in [3.63, 3.8) is 0 Å². The molecule has 1 aromatic carbocycles. The second-order valence-corrected chi connectivity index (χ2v) is 7.28. The normalized spacial score (nSPS) is 13.3. The Morgan fingerprint density at radius 1 is 1.26 bits per heavy atom. The smallest absolute Gasteiger partial charge is 0.324 e. The average molecular weight is 397 g/mol. The van der Waals surface area contributed by atoms with E-state index in [1.807, 2.05) is 0 Å². The maximum atomic E-state index is 12.2. The lowest BCUT2D eigenvalue weighted by molar-refractivity contribution is -0.143. The van der Waals surface area contributed by atoms with Crippen LogP contribution in [0.1, 0.15) is 13.8 Å². The van der Waals surface area contributed by atoms with Gasteiger partial charge in [-0.1, -0.05) is 13.8 Å². The highest BCUT2D eigenvalue weighted by atomic mass is 127. The molecule has 0 bridgehead atoms. The summed E-state index contributed by atoms with van der Waals surface area (Å²) in [5.41, 5.74) is 0. The van der Waals surface area contributed by atoms with E-state index in [1.165, 1.54) is 19.2 Å². The molecule has 0 saturated heterocycles. The molecule has 0 unspecified atom stereocenters. The summed E-state index contributed by atoms with van der Waals surface area (Å²) in [6, 6.07) is 5.49. The van der Waals surface area contributed by atoms with E-state index in [9.17, 15) is 13.2 Å². The molecule has 0 aliphatic heterocycles. The number of carbonyl (C=O) groups excluding carboxylic acids is 1. The van der Waals surface area contributed by atoms with Crippen LogP contribution in [-0.4, -0.2) is 27.5 Å². The molecule has 1 aromatic rings. The molecule has 0 aromatic heterocycles. The molecule has 19 heavy (non-hydrogen) atoms. The molecule has 5 nitrogen and oxygen atoms in total. The fraction of sp³-hybridized carbons (Fsp3) is 0.417. The Balaban J connectivity index is 3.00. The van der Waals surface area contributed by atoms with Crippen molar-refractivity contribution >= 4 is 38.6 Å². The van der Waals surface area contributed by atoms with Crippen LogP contribution in [-0.2, 0) is 19.6 Å². The standard InChI is InChI=1S/C12H16INO4S/c1-8(2)11(12(15)18-3)14-19(16,17)10-6-4-9(13)5-7-10/h4-8,11,14H,1-3H3/t11-/m1/s1. The van der Waals surface area contributed by atoms with Gasteiger partial charge in [0.15, 0.2) is 0 Å². The third kappa shape index (κ3) is 4.43. The molecule has 0 fully saturated rings. The maximum Gasteiger partial charge on any atom is 0.324 e. The number of hydrogen-bond donors (Lipinski definition) is 1. The van der Waals surface area contributed by atoms with Crippen molar-refractivity contribution in [1.82, 2.24) is 4.72 Å². The van der Waals surface area contributed by atoms with E-state index < -0.39 is 22.0 Å². The number of rotatable bonds is 5. The first kappa shape index (κ1) is 16.4. The molecule has 1 N–H and O–H groups in total. The number of carbonyl (C=O) groups is 1. The van der Waals surface area contributed by atoms with Gasteiger partial charge in [0.1, 0.15) is 6.04 Å². The number of methoxy groups -OCH3 is 1. The van der Waals surface area contributed by atoms with Crippen molar-refractivity contribution in [3.8, 4) is 0 Å². The van der Waals surface area contributed by atoms with Gasteiger partial charge in [-0.25, -0.2) is 8.42 Å². The Labute approximate surface area is 126 Å². The number of esters is 1. The van der Waals surface area contributed by atoms with Crippen LogP contribution in [0.3, 0.4) is 0 Å². The largest absolute Gasteiger partial charge is 0.468 e. The average Bonchev–Trinajstić information content (AvgIpc) is 2.35. The van der Waals surface area contributed by atoms with E-state index in [1.54, 1.807) is 26.0 Å². The van der Waals surface area contributed by atoms with Crippen LogP contribution in [0.15, 0.2) is 29.2 Å². The number of sulfonamides is 1. The van der Waals surface area contributed by atoms with Crippen molar-refractivity contribution < 1.29 is 17.9 Å². The van der Waals surface area contributed by atoms with E-state index in [2.05, 4.69) is 32.0 Å². The fourth-order valence-corrected chi connectivity index (χ4v) is 3.13. The summed E-state index contributed by atoms with van der Waals surface area (Å²) < 4.78 is 32.2. The number of benzene rings is 1. The summed E-state index contributed by atoms with van der Waals surface area (Å²) >= 11 is 2.09. The highest BCUT2D eigenvalue weighted by molar-refractivity contribution is 14.1. The third-order valence-corrected chi connectivity index (χ3v) is 4.70. The van der Waals surface area contributed by atoms with Crippen LogP contribution in [0.2, 0.25) is 0 Å². The zero-order chi connectivity index (χ0) is 14.6. The van der Waals surface area contributed by atoms with Gasteiger partial charge in [-0.15, -0.1) is 0 Å². The molecule has 0 aliphatic carbocycles. The molecule has 0 aliphatic rings. The first-order valence-electron chi connectivity index (χ1n) is 5.63. The van der Waals surface area contributed by atoms with Gasteiger partial charge >= 0.3 is 5.97 Å². The molecule has 1 atom stereocenters. The van der Waals surface area contributed by atoms with Crippen molar-refractivity contribution in [2.45, 2.75) is 24.8 Å². The predicted octanol–water partition coefficient (Wildman–Crippen LogP) is 1.77. The SMILES string of the molecule is COC(=O)[C@H](NS(=O)(=O)c1ccc(I)cc1)C(C)C. The van der Waals surface area contributed by atoms with Crippen molar-refractivity contribution in [2.24, 2.45) is 5.92 Å². The molecule has 0 radical (unpaired) electrons. The van der Waals surface area contributed by atoms with Crippen molar-refractivity contribution in [3.05, 3.63) is 27.8 Å². The summed E-state index contributed by atoms with van der Waals surface area (Å²) in [6.07, 6.45) is 0. The van der Waals surface area contributed by atoms with Crippen molar-refractivity contribution in [2.75, 3.05) is 7.11 Å². The third-order valence-electron chi connectivity index (χ3n) is 2.53. The minimum atomic E-state index is -3.73. The Morgan fingerprint density at radius 2 is 1.79 bits per heavy atom. The van der Waals surface area contributed by atoms with E-state index in [0.717, 1.165) is 3.57 Å². The van der Waals surface area contributed by atoms with Crippen molar-refractivity contribution in [1.29, 1.82) is 0 Å². The first-order valence-corrected chi connectivity index (χ1v) is 8.20. The highest BCUT2D eigenvalue weighted by Gasteiger charge is 2.28. The van der Waals surface area contributed by atoms with Gasteiger partial charge in [0, 0.05) is 3.57 Å². The lowest BCUT2D eigenvalue weighted by atomic mass is 10.1. The van der Waals surface area contributed by atoms with Gasteiger partial charge in [0.25, 0.3) is 0 Å². The molecule has 0 heterocycles. The molecular weight excluding hydrogens is 381 g/mol. The van der Waals surface area contributed by atoms with Gasteiger partial charge in [-0.05, 0) is 52.8 Å². The van der Waals surface area contributed by atoms with Gasteiger partial charge < -0.3 is 4.74 Å². The summed E-state index contributed by atoms with van der Waals surface area (Å²) in [7, 11) is -2.50. The summed E-state index contributed by atoms with van der Waals surface area (Å²) in [5, 5.41) is 0. The lowest BCUT2D eigenvalue weighted by Crippen LogP contribution is -2.44. The minimum absolute atomic E-state index is 0.127. The fourth-order valence-electron chi connectivity index (χ4n) is 1.43. The topological polar surface area (TPSA) is 72.5 Å². The van der Waals surface area contributed by atoms with Crippen LogP contribution >= 0.6 is 22.6 Å². The molecule has 0 spiro atoms. The predicted molar refractivity (Wildman–Crippen MR) is 80.1 cm³/mol.